The zero-order valence-corrected chi connectivity index (χ0v) is 18.5. The van der Waals surface area contributed by atoms with Crippen LogP contribution in [0.3, 0.4) is 0 Å². The second kappa shape index (κ2) is 9.54. The molecular weight excluding hydrogens is 394 g/mol. The summed E-state index contributed by atoms with van der Waals surface area (Å²) in [6.45, 7) is 6.06. The number of hydrogen-bond acceptors (Lipinski definition) is 5. The summed E-state index contributed by atoms with van der Waals surface area (Å²) >= 11 is 1.29. The fourth-order valence-corrected chi connectivity index (χ4v) is 4.17. The van der Waals surface area contributed by atoms with E-state index in [1.54, 1.807) is 13.0 Å². The van der Waals surface area contributed by atoms with Crippen molar-refractivity contribution in [1.82, 2.24) is 9.29 Å². The molecule has 0 saturated heterocycles. The Morgan fingerprint density at radius 1 is 1.18 bits per heavy atom. The lowest BCUT2D eigenvalue weighted by Gasteiger charge is -2.17. The van der Waals surface area contributed by atoms with Crippen molar-refractivity contribution in [3.8, 4) is 0 Å². The van der Waals surface area contributed by atoms with Crippen molar-refractivity contribution in [2.24, 2.45) is 0 Å². The molecule has 1 N–H and O–H groups in total. The second-order valence-electron chi connectivity index (χ2n) is 6.77. The summed E-state index contributed by atoms with van der Waals surface area (Å²) in [5.74, 6) is 0.236. The summed E-state index contributed by atoms with van der Waals surface area (Å²) in [6, 6.07) is 11.0. The number of nitrogens with zero attached hydrogens (tertiary/aromatic N) is 2. The highest BCUT2D eigenvalue weighted by Gasteiger charge is 2.20. The van der Waals surface area contributed by atoms with Crippen molar-refractivity contribution >= 4 is 33.4 Å². The number of benzene rings is 1. The van der Waals surface area contributed by atoms with Crippen molar-refractivity contribution < 1.29 is 13.2 Å². The largest absolute Gasteiger partial charge is 0.325 e. The van der Waals surface area contributed by atoms with Crippen molar-refractivity contribution in [2.75, 3.05) is 19.4 Å². The molecule has 0 fully saturated rings. The van der Waals surface area contributed by atoms with Gasteiger partial charge < -0.3 is 5.32 Å². The third-order valence-electron chi connectivity index (χ3n) is 4.52. The molecule has 0 unspecified atom stereocenters. The average Bonchev–Trinajstić information content (AvgIpc) is 2.68. The Morgan fingerprint density at radius 3 is 2.43 bits per heavy atom. The highest BCUT2D eigenvalue weighted by molar-refractivity contribution is 8.00. The molecule has 0 saturated carbocycles. The number of carbonyl (C=O) groups excluding carboxylic acids is 1. The van der Waals surface area contributed by atoms with Gasteiger partial charge in [0.15, 0.2) is 0 Å². The Kier molecular flexibility index (Phi) is 7.63. The molecule has 0 radical (unpaired) electrons. The average molecular weight is 422 g/mol. The van der Waals surface area contributed by atoms with Gasteiger partial charge in [0.25, 0.3) is 0 Å². The van der Waals surface area contributed by atoms with Crippen LogP contribution in [0.5, 0.6) is 0 Å². The van der Waals surface area contributed by atoms with Crippen molar-refractivity contribution in [1.29, 1.82) is 0 Å². The molecular formula is C20H27N3O3S2. The Bertz CT molecular complexity index is 913. The minimum Gasteiger partial charge on any atom is -0.325 e. The van der Waals surface area contributed by atoms with Crippen LogP contribution >= 0.6 is 11.8 Å². The van der Waals surface area contributed by atoms with Crippen molar-refractivity contribution in [3.05, 3.63) is 48.2 Å². The lowest BCUT2D eigenvalue weighted by Crippen LogP contribution is -2.23. The molecule has 2 atom stereocenters. The molecule has 1 aromatic carbocycles. The molecule has 8 heteroatoms. The van der Waals surface area contributed by atoms with Gasteiger partial charge in [-0.15, -0.1) is 0 Å². The highest BCUT2D eigenvalue weighted by Crippen LogP contribution is 2.28. The maximum atomic E-state index is 12.6. The predicted octanol–water partition coefficient (Wildman–Crippen LogP) is 3.96. The van der Waals surface area contributed by atoms with E-state index in [9.17, 15) is 13.2 Å². The van der Waals surface area contributed by atoms with Gasteiger partial charge in [-0.25, -0.2) is 17.7 Å². The number of thioether (sulfide) groups is 1. The van der Waals surface area contributed by atoms with Gasteiger partial charge in [0.05, 0.1) is 10.3 Å². The molecule has 28 heavy (non-hydrogen) atoms. The van der Waals surface area contributed by atoms with E-state index in [0.29, 0.717) is 10.9 Å². The zero-order chi connectivity index (χ0) is 20.9. The number of carbonyl (C=O) groups is 1. The smallest absolute Gasteiger partial charge is 0.244 e. The lowest BCUT2D eigenvalue weighted by atomic mass is 9.97. The van der Waals surface area contributed by atoms with Crippen LogP contribution in [0.25, 0.3) is 0 Å². The van der Waals surface area contributed by atoms with Crippen LogP contribution in [0, 0.1) is 0 Å². The minimum atomic E-state index is -3.51. The molecule has 0 bridgehead atoms. The number of para-hydroxylation sites is 1. The fraction of sp³-hybridized carbons (Fsp3) is 0.400. The molecule has 6 nitrogen and oxygen atoms in total. The van der Waals surface area contributed by atoms with Gasteiger partial charge in [-0.2, -0.15) is 0 Å². The maximum absolute atomic E-state index is 12.6. The van der Waals surface area contributed by atoms with Gasteiger partial charge in [0.2, 0.25) is 15.9 Å². The molecule has 0 aliphatic rings. The number of pyridine rings is 1. The number of anilines is 1. The molecule has 1 amide bonds. The number of nitrogens with one attached hydrogen (secondary N) is 1. The van der Waals surface area contributed by atoms with Crippen LogP contribution in [-0.4, -0.2) is 43.0 Å². The summed E-state index contributed by atoms with van der Waals surface area (Å²) in [6.07, 6.45) is 2.31. The highest BCUT2D eigenvalue weighted by atomic mass is 32.2. The summed E-state index contributed by atoms with van der Waals surface area (Å²) in [4.78, 5) is 17.0. The summed E-state index contributed by atoms with van der Waals surface area (Å²) in [5, 5.41) is 3.22. The number of rotatable bonds is 8. The van der Waals surface area contributed by atoms with Crippen LogP contribution in [0.15, 0.2) is 52.5 Å². The molecule has 0 spiro atoms. The molecule has 152 valence electrons. The molecule has 2 rings (SSSR count). The van der Waals surface area contributed by atoms with Crippen LogP contribution in [0.1, 0.15) is 38.7 Å². The van der Waals surface area contributed by atoms with E-state index in [4.69, 9.17) is 0 Å². The van der Waals surface area contributed by atoms with Crippen LogP contribution in [-0.2, 0) is 14.8 Å². The van der Waals surface area contributed by atoms with E-state index in [0.717, 1.165) is 22.0 Å². The minimum absolute atomic E-state index is 0.118. The standard InChI is InChI=1S/C20H27N3O3S2/c1-6-14(2)17-9-7-8-10-18(17)22-20(24)15(3)27-19-12-11-16(13-21-19)28(25,26)23(4)5/h7-15H,6H2,1-5H3,(H,22,24)/t14-,15+/m0/s1. The second-order valence-corrected chi connectivity index (χ2v) is 10.3. The number of hydrogen-bond donors (Lipinski definition) is 1. The van der Waals surface area contributed by atoms with Crippen LogP contribution in [0.2, 0.25) is 0 Å². The first-order chi connectivity index (χ1) is 13.2. The van der Waals surface area contributed by atoms with Gasteiger partial charge in [0, 0.05) is 26.0 Å². The van der Waals surface area contributed by atoms with E-state index in [2.05, 4.69) is 24.1 Å². The van der Waals surface area contributed by atoms with E-state index in [1.165, 1.54) is 38.1 Å². The number of aromatic nitrogens is 1. The summed E-state index contributed by atoms with van der Waals surface area (Å²) in [5.41, 5.74) is 1.95. The first kappa shape index (κ1) is 22.4. The van der Waals surface area contributed by atoms with Gasteiger partial charge in [-0.1, -0.05) is 43.8 Å². The summed E-state index contributed by atoms with van der Waals surface area (Å²) < 4.78 is 25.3. The Labute approximate surface area is 171 Å². The van der Waals surface area contributed by atoms with Crippen molar-refractivity contribution in [3.63, 3.8) is 0 Å². The third-order valence-corrected chi connectivity index (χ3v) is 7.37. The third kappa shape index (κ3) is 5.33. The van der Waals surface area contributed by atoms with Gasteiger partial charge in [-0.3, -0.25) is 4.79 Å². The zero-order valence-electron chi connectivity index (χ0n) is 16.8. The van der Waals surface area contributed by atoms with Crippen LogP contribution in [0.4, 0.5) is 5.69 Å². The van der Waals surface area contributed by atoms with Crippen molar-refractivity contribution in [2.45, 2.75) is 48.3 Å². The quantitative estimate of drug-likeness (QED) is 0.653. The monoisotopic (exact) mass is 421 g/mol. The SMILES string of the molecule is CC[C@H](C)c1ccccc1NC(=O)[C@@H](C)Sc1ccc(S(=O)(=O)N(C)C)cn1. The number of sulfonamides is 1. The fourth-order valence-electron chi connectivity index (χ4n) is 2.53. The normalized spacial score (nSPS) is 13.9. The first-order valence-corrected chi connectivity index (χ1v) is 11.4. The topological polar surface area (TPSA) is 79.4 Å². The van der Waals surface area contributed by atoms with Gasteiger partial charge in [0.1, 0.15) is 4.90 Å². The number of amides is 1. The first-order valence-electron chi connectivity index (χ1n) is 9.11. The van der Waals surface area contributed by atoms with Gasteiger partial charge in [-0.05, 0) is 43.0 Å². The molecule has 2 aromatic rings. The molecule has 1 heterocycles. The van der Waals surface area contributed by atoms with Gasteiger partial charge >= 0.3 is 0 Å². The molecule has 0 aliphatic carbocycles. The lowest BCUT2D eigenvalue weighted by molar-refractivity contribution is -0.115. The van der Waals surface area contributed by atoms with E-state index in [1.807, 2.05) is 24.3 Å². The summed E-state index contributed by atoms with van der Waals surface area (Å²) in [7, 11) is -0.565. The Morgan fingerprint density at radius 2 is 1.86 bits per heavy atom. The molecule has 1 aromatic heterocycles. The Hall–Kier alpha value is -1.90. The van der Waals surface area contributed by atoms with E-state index < -0.39 is 10.0 Å². The van der Waals surface area contributed by atoms with Crippen LogP contribution < -0.4 is 5.32 Å². The molecule has 0 aliphatic heterocycles. The predicted molar refractivity (Wildman–Crippen MR) is 114 cm³/mol. The van der Waals surface area contributed by atoms with E-state index >= 15 is 0 Å². The maximum Gasteiger partial charge on any atom is 0.244 e. The van der Waals surface area contributed by atoms with E-state index in [-0.39, 0.29) is 16.1 Å². The Balaban J connectivity index is 2.07.